The van der Waals surface area contributed by atoms with Crippen molar-refractivity contribution in [2.75, 3.05) is 12.3 Å². The minimum atomic E-state index is -0.245. The van der Waals surface area contributed by atoms with Crippen LogP contribution < -0.4 is 5.56 Å². The van der Waals surface area contributed by atoms with Crippen LogP contribution in [0.4, 0.5) is 0 Å². The Morgan fingerprint density at radius 3 is 2.82 bits per heavy atom. The van der Waals surface area contributed by atoms with E-state index in [4.69, 9.17) is 11.6 Å². The highest BCUT2D eigenvalue weighted by Gasteiger charge is 2.18. The third kappa shape index (κ3) is 5.34. The van der Waals surface area contributed by atoms with Crippen LogP contribution in [0.3, 0.4) is 0 Å². The Morgan fingerprint density at radius 2 is 2.03 bits per heavy atom. The number of imidazole rings is 1. The van der Waals surface area contributed by atoms with Crippen LogP contribution in [0.2, 0.25) is 5.02 Å². The lowest BCUT2D eigenvalue weighted by molar-refractivity contribution is -0.129. The molecule has 7 nitrogen and oxygen atoms in total. The average molecular weight is 496 g/mol. The molecule has 0 aliphatic rings. The Kier molecular flexibility index (Phi) is 7.38. The van der Waals surface area contributed by atoms with Gasteiger partial charge in [-0.1, -0.05) is 42.4 Å². The number of thioether (sulfide) groups is 1. The molecule has 4 aromatic rings. The molecule has 0 atom stereocenters. The zero-order chi connectivity index (χ0) is 24.2. The highest BCUT2D eigenvalue weighted by molar-refractivity contribution is 7.99. The van der Waals surface area contributed by atoms with Gasteiger partial charge >= 0.3 is 0 Å². The number of aryl methyl sites for hydroxylation is 2. The molecule has 0 spiro atoms. The third-order valence-electron chi connectivity index (χ3n) is 5.46. The molecule has 0 unspecified atom stereocenters. The van der Waals surface area contributed by atoms with Crippen molar-refractivity contribution >= 4 is 40.2 Å². The number of benzene rings is 2. The van der Waals surface area contributed by atoms with Crippen LogP contribution in [-0.2, 0) is 11.3 Å². The van der Waals surface area contributed by atoms with E-state index in [0.717, 1.165) is 28.4 Å². The summed E-state index contributed by atoms with van der Waals surface area (Å²) in [6.45, 7) is 6.90. The minimum absolute atomic E-state index is 0.0452. The fourth-order valence-corrected chi connectivity index (χ4v) is 4.79. The largest absolute Gasteiger partial charge is 0.335 e. The van der Waals surface area contributed by atoms with Crippen molar-refractivity contribution in [1.82, 2.24) is 24.4 Å². The first-order chi connectivity index (χ1) is 16.4. The Bertz CT molecular complexity index is 1400. The van der Waals surface area contributed by atoms with E-state index in [1.165, 1.54) is 11.8 Å². The molecule has 0 aliphatic carbocycles. The van der Waals surface area contributed by atoms with Gasteiger partial charge in [0.05, 0.1) is 28.9 Å². The predicted molar refractivity (Wildman–Crippen MR) is 137 cm³/mol. The number of carbonyl (C=O) groups is 1. The summed E-state index contributed by atoms with van der Waals surface area (Å²) in [5, 5.41) is 1.73. The van der Waals surface area contributed by atoms with E-state index < -0.39 is 0 Å². The predicted octanol–water partition coefficient (Wildman–Crippen LogP) is 4.91. The molecule has 2 aromatic heterocycles. The van der Waals surface area contributed by atoms with Gasteiger partial charge < -0.3 is 9.88 Å². The molecule has 1 amide bonds. The Balaban J connectivity index is 1.51. The van der Waals surface area contributed by atoms with Crippen LogP contribution in [0.1, 0.15) is 30.3 Å². The molecule has 176 valence electrons. The van der Waals surface area contributed by atoms with Crippen LogP contribution in [0.5, 0.6) is 0 Å². The quantitative estimate of drug-likeness (QED) is 0.351. The Morgan fingerprint density at radius 1 is 1.21 bits per heavy atom. The van der Waals surface area contributed by atoms with Gasteiger partial charge in [0.25, 0.3) is 5.56 Å². The summed E-state index contributed by atoms with van der Waals surface area (Å²) in [7, 11) is 0. The second-order valence-electron chi connectivity index (χ2n) is 8.15. The number of aromatic nitrogens is 4. The molecule has 0 aliphatic heterocycles. The van der Waals surface area contributed by atoms with Crippen molar-refractivity contribution in [1.29, 1.82) is 0 Å². The SMILES string of the molecule is CCCN(Cc1nc2cc(Cl)ccc2c(=O)[nH]1)C(=O)CSc1nccn1-c1cc(C)ccc1C. The molecule has 2 aromatic carbocycles. The summed E-state index contributed by atoms with van der Waals surface area (Å²) >= 11 is 7.46. The number of hydrogen-bond acceptors (Lipinski definition) is 5. The van der Waals surface area contributed by atoms with Crippen molar-refractivity contribution in [2.24, 2.45) is 0 Å². The number of halogens is 1. The summed E-state index contributed by atoms with van der Waals surface area (Å²) in [6, 6.07) is 11.2. The molecule has 9 heteroatoms. The Labute approximate surface area is 207 Å². The summed E-state index contributed by atoms with van der Waals surface area (Å²) in [5.41, 5.74) is 3.62. The lowest BCUT2D eigenvalue weighted by Gasteiger charge is -2.21. The first-order valence-corrected chi connectivity index (χ1v) is 12.4. The zero-order valence-corrected chi connectivity index (χ0v) is 20.9. The molecule has 0 fully saturated rings. The van der Waals surface area contributed by atoms with Gasteiger partial charge in [-0.25, -0.2) is 9.97 Å². The van der Waals surface area contributed by atoms with Crippen LogP contribution >= 0.6 is 23.4 Å². The number of fused-ring (bicyclic) bond motifs is 1. The summed E-state index contributed by atoms with van der Waals surface area (Å²) < 4.78 is 2.01. The molecule has 0 saturated carbocycles. The van der Waals surface area contributed by atoms with Gasteiger partial charge in [-0.2, -0.15) is 0 Å². The molecule has 4 rings (SSSR count). The second-order valence-corrected chi connectivity index (χ2v) is 9.53. The molecule has 0 radical (unpaired) electrons. The third-order valence-corrected chi connectivity index (χ3v) is 6.65. The van der Waals surface area contributed by atoms with Crippen molar-refractivity contribution in [3.05, 3.63) is 81.1 Å². The number of amides is 1. The van der Waals surface area contributed by atoms with E-state index in [0.29, 0.717) is 28.3 Å². The van der Waals surface area contributed by atoms with Gasteiger partial charge in [0.2, 0.25) is 5.91 Å². The highest BCUT2D eigenvalue weighted by Crippen LogP contribution is 2.24. The first-order valence-electron chi connectivity index (χ1n) is 11.1. The lowest BCUT2D eigenvalue weighted by Crippen LogP contribution is -2.34. The minimum Gasteiger partial charge on any atom is -0.335 e. The van der Waals surface area contributed by atoms with Crippen LogP contribution in [-0.4, -0.2) is 42.6 Å². The maximum atomic E-state index is 13.1. The molecule has 1 N–H and O–H groups in total. The van der Waals surface area contributed by atoms with Gasteiger partial charge in [-0.05, 0) is 55.7 Å². The van der Waals surface area contributed by atoms with Crippen molar-refractivity contribution in [3.8, 4) is 5.69 Å². The molecule has 34 heavy (non-hydrogen) atoms. The standard InChI is InChI=1S/C25H26ClN5O2S/c1-4-10-30(14-22-28-20-13-18(26)7-8-19(20)24(33)29-22)23(32)15-34-25-27-9-11-31(25)21-12-16(2)5-6-17(21)3/h5-9,11-13H,4,10,14-15H2,1-3H3,(H,28,29,33). The highest BCUT2D eigenvalue weighted by atomic mass is 35.5. The molecular formula is C25H26ClN5O2S. The number of carbonyl (C=O) groups excluding carboxylic acids is 1. The molecule has 2 heterocycles. The second kappa shape index (κ2) is 10.4. The number of H-pyrrole nitrogens is 1. The van der Waals surface area contributed by atoms with Gasteiger partial charge in [0.15, 0.2) is 5.16 Å². The van der Waals surface area contributed by atoms with Crippen LogP contribution in [0.25, 0.3) is 16.6 Å². The first kappa shape index (κ1) is 24.0. The summed E-state index contributed by atoms with van der Waals surface area (Å²) in [5.74, 6) is 0.616. The van der Waals surface area contributed by atoms with E-state index >= 15 is 0 Å². The van der Waals surface area contributed by atoms with E-state index in [-0.39, 0.29) is 23.8 Å². The number of rotatable bonds is 8. The van der Waals surface area contributed by atoms with Crippen molar-refractivity contribution in [2.45, 2.75) is 38.9 Å². The molecule has 0 bridgehead atoms. The van der Waals surface area contributed by atoms with Crippen LogP contribution in [0.15, 0.2) is 58.7 Å². The molecular weight excluding hydrogens is 470 g/mol. The smallest absolute Gasteiger partial charge is 0.258 e. The van der Waals surface area contributed by atoms with Gasteiger partial charge in [0.1, 0.15) is 5.82 Å². The number of nitrogens with one attached hydrogen (secondary N) is 1. The summed E-state index contributed by atoms with van der Waals surface area (Å²) in [4.78, 5) is 39.1. The Hall–Kier alpha value is -3.10. The fraction of sp³-hybridized carbons (Fsp3) is 0.280. The normalized spacial score (nSPS) is 11.2. The van der Waals surface area contributed by atoms with Gasteiger partial charge in [0, 0.05) is 24.0 Å². The molecule has 0 saturated heterocycles. The number of hydrogen-bond donors (Lipinski definition) is 1. The fourth-order valence-electron chi connectivity index (χ4n) is 3.75. The van der Waals surface area contributed by atoms with E-state index in [1.54, 1.807) is 29.3 Å². The van der Waals surface area contributed by atoms with Gasteiger partial charge in [-0.15, -0.1) is 0 Å². The van der Waals surface area contributed by atoms with E-state index in [2.05, 4.69) is 47.0 Å². The number of nitrogens with zero attached hydrogens (tertiary/aromatic N) is 4. The maximum Gasteiger partial charge on any atom is 0.258 e. The maximum absolute atomic E-state index is 13.1. The number of aromatic amines is 1. The monoisotopic (exact) mass is 495 g/mol. The van der Waals surface area contributed by atoms with E-state index in [9.17, 15) is 9.59 Å². The average Bonchev–Trinajstić information content (AvgIpc) is 3.27. The summed E-state index contributed by atoms with van der Waals surface area (Å²) in [6.07, 6.45) is 4.44. The van der Waals surface area contributed by atoms with Crippen molar-refractivity contribution < 1.29 is 4.79 Å². The van der Waals surface area contributed by atoms with Crippen molar-refractivity contribution in [3.63, 3.8) is 0 Å². The topological polar surface area (TPSA) is 83.9 Å². The van der Waals surface area contributed by atoms with Gasteiger partial charge in [-0.3, -0.25) is 14.2 Å². The zero-order valence-electron chi connectivity index (χ0n) is 19.3. The van der Waals surface area contributed by atoms with E-state index in [1.807, 2.05) is 17.7 Å². The van der Waals surface area contributed by atoms with Crippen LogP contribution in [0, 0.1) is 13.8 Å². The lowest BCUT2D eigenvalue weighted by atomic mass is 10.1.